The predicted octanol–water partition coefficient (Wildman–Crippen LogP) is 1.95. The van der Waals surface area contributed by atoms with E-state index in [1.807, 2.05) is 30.0 Å². The quantitative estimate of drug-likeness (QED) is 0.809. The van der Waals surface area contributed by atoms with Gasteiger partial charge >= 0.3 is 0 Å². The van der Waals surface area contributed by atoms with Crippen molar-refractivity contribution in [2.24, 2.45) is 0 Å². The molecule has 1 aromatic carbocycles. The van der Waals surface area contributed by atoms with Crippen LogP contribution in [0.2, 0.25) is 0 Å². The highest BCUT2D eigenvalue weighted by atomic mass is 35.5. The van der Waals surface area contributed by atoms with Crippen LogP contribution in [-0.4, -0.2) is 49.9 Å². The summed E-state index contributed by atoms with van der Waals surface area (Å²) in [6.07, 6.45) is 2.45. The van der Waals surface area contributed by atoms with Crippen LogP contribution in [0.15, 0.2) is 18.2 Å². The molecule has 3 rings (SSSR count). The summed E-state index contributed by atoms with van der Waals surface area (Å²) >= 11 is 0. The Labute approximate surface area is 148 Å². The molecular formula is C17H25ClN2O4. The minimum absolute atomic E-state index is 0. The van der Waals surface area contributed by atoms with E-state index in [1.165, 1.54) is 0 Å². The van der Waals surface area contributed by atoms with Gasteiger partial charge in [0.05, 0.1) is 12.6 Å². The Balaban J connectivity index is 0.00000208. The van der Waals surface area contributed by atoms with Gasteiger partial charge in [0, 0.05) is 26.2 Å². The van der Waals surface area contributed by atoms with Gasteiger partial charge in [0.1, 0.15) is 0 Å². The van der Waals surface area contributed by atoms with E-state index in [2.05, 4.69) is 5.32 Å². The number of likely N-dealkylation sites (N-methyl/N-ethyl adjacent to an activating group) is 1. The Hall–Kier alpha value is -1.50. The summed E-state index contributed by atoms with van der Waals surface area (Å²) in [6, 6.07) is 5.81. The average molecular weight is 357 g/mol. The minimum Gasteiger partial charge on any atom is -0.454 e. The zero-order valence-corrected chi connectivity index (χ0v) is 14.8. The Morgan fingerprint density at radius 1 is 1.33 bits per heavy atom. The molecule has 0 aromatic heterocycles. The summed E-state index contributed by atoms with van der Waals surface area (Å²) in [6.45, 7) is 5.44. The van der Waals surface area contributed by atoms with Crippen molar-refractivity contribution >= 4 is 18.3 Å². The third-order valence-corrected chi connectivity index (χ3v) is 4.22. The molecule has 1 aromatic rings. The minimum atomic E-state index is 0. The largest absolute Gasteiger partial charge is 0.454 e. The summed E-state index contributed by atoms with van der Waals surface area (Å²) in [5.41, 5.74) is 1.04. The van der Waals surface area contributed by atoms with Crippen LogP contribution in [-0.2, 0) is 16.1 Å². The lowest BCUT2D eigenvalue weighted by molar-refractivity contribution is -0.130. The van der Waals surface area contributed by atoms with Crippen molar-refractivity contribution in [1.82, 2.24) is 10.2 Å². The molecule has 2 aliphatic rings. The molecule has 0 saturated carbocycles. The zero-order valence-electron chi connectivity index (χ0n) is 14.0. The van der Waals surface area contributed by atoms with Gasteiger partial charge in [0.15, 0.2) is 11.5 Å². The smallest absolute Gasteiger partial charge is 0.236 e. The Morgan fingerprint density at radius 3 is 2.92 bits per heavy atom. The van der Waals surface area contributed by atoms with Crippen LogP contribution in [0.25, 0.3) is 0 Å². The van der Waals surface area contributed by atoms with Crippen LogP contribution in [0, 0.1) is 0 Å². The second-order valence-electron chi connectivity index (χ2n) is 5.86. The van der Waals surface area contributed by atoms with Crippen LogP contribution < -0.4 is 14.8 Å². The molecule has 1 fully saturated rings. The van der Waals surface area contributed by atoms with E-state index in [0.29, 0.717) is 19.6 Å². The van der Waals surface area contributed by atoms with Gasteiger partial charge in [-0.25, -0.2) is 0 Å². The normalized spacial score (nSPS) is 18.3. The zero-order chi connectivity index (χ0) is 16.1. The first-order chi connectivity index (χ1) is 11.3. The monoisotopic (exact) mass is 356 g/mol. The molecule has 2 heterocycles. The lowest BCUT2D eigenvalue weighted by atomic mass is 10.2. The first-order valence-electron chi connectivity index (χ1n) is 8.25. The van der Waals surface area contributed by atoms with E-state index in [9.17, 15) is 4.79 Å². The molecule has 1 atom stereocenters. The standard InChI is InChI=1S/C17H24N2O4.ClH/c1-2-19(17(20)10-18-9-14-4-3-7-21-14)11-13-5-6-15-16(8-13)23-12-22-15;/h5-6,8,14,18H,2-4,7,9-12H2,1H3;1H. The van der Waals surface area contributed by atoms with Gasteiger partial charge in [-0.05, 0) is 37.5 Å². The van der Waals surface area contributed by atoms with Crippen molar-refractivity contribution in [2.75, 3.05) is 33.0 Å². The number of nitrogens with one attached hydrogen (secondary N) is 1. The average Bonchev–Trinajstić information content (AvgIpc) is 3.23. The molecule has 1 unspecified atom stereocenters. The SMILES string of the molecule is CCN(Cc1ccc2c(c1)OCO2)C(=O)CNCC1CCCO1.Cl. The Bertz CT molecular complexity index is 549. The fourth-order valence-electron chi connectivity index (χ4n) is 2.89. The molecule has 134 valence electrons. The van der Waals surface area contributed by atoms with Crippen molar-refractivity contribution in [3.05, 3.63) is 23.8 Å². The topological polar surface area (TPSA) is 60.0 Å². The lowest BCUT2D eigenvalue weighted by Crippen LogP contribution is -2.39. The molecular weight excluding hydrogens is 332 g/mol. The second kappa shape index (κ2) is 9.11. The summed E-state index contributed by atoms with van der Waals surface area (Å²) in [5.74, 6) is 1.62. The number of hydrogen-bond acceptors (Lipinski definition) is 5. The van der Waals surface area contributed by atoms with E-state index in [0.717, 1.165) is 43.1 Å². The van der Waals surface area contributed by atoms with Crippen molar-refractivity contribution in [1.29, 1.82) is 0 Å². The maximum absolute atomic E-state index is 12.4. The number of ether oxygens (including phenoxy) is 3. The number of fused-ring (bicyclic) bond motifs is 1. The van der Waals surface area contributed by atoms with Crippen LogP contribution in [0.4, 0.5) is 0 Å². The Morgan fingerprint density at radius 2 is 2.17 bits per heavy atom. The molecule has 6 nitrogen and oxygen atoms in total. The molecule has 1 N–H and O–H groups in total. The number of amides is 1. The predicted molar refractivity (Wildman–Crippen MR) is 92.7 cm³/mol. The van der Waals surface area contributed by atoms with E-state index in [1.54, 1.807) is 0 Å². The van der Waals surface area contributed by atoms with Gasteiger partial charge in [-0.2, -0.15) is 0 Å². The fraction of sp³-hybridized carbons (Fsp3) is 0.588. The highest BCUT2D eigenvalue weighted by Crippen LogP contribution is 2.32. The number of halogens is 1. The molecule has 0 spiro atoms. The second-order valence-corrected chi connectivity index (χ2v) is 5.86. The van der Waals surface area contributed by atoms with Gasteiger partial charge in [-0.1, -0.05) is 6.07 Å². The van der Waals surface area contributed by atoms with E-state index in [-0.39, 0.29) is 31.2 Å². The molecule has 24 heavy (non-hydrogen) atoms. The third-order valence-electron chi connectivity index (χ3n) is 4.22. The first-order valence-corrected chi connectivity index (χ1v) is 8.25. The molecule has 0 radical (unpaired) electrons. The lowest BCUT2D eigenvalue weighted by Gasteiger charge is -2.22. The summed E-state index contributed by atoms with van der Waals surface area (Å²) in [4.78, 5) is 14.2. The third kappa shape index (κ3) is 4.75. The van der Waals surface area contributed by atoms with Crippen molar-refractivity contribution in [3.63, 3.8) is 0 Å². The van der Waals surface area contributed by atoms with Crippen LogP contribution in [0.1, 0.15) is 25.3 Å². The molecule has 0 bridgehead atoms. The maximum Gasteiger partial charge on any atom is 0.236 e. The number of benzene rings is 1. The first kappa shape index (κ1) is 18.8. The fourth-order valence-corrected chi connectivity index (χ4v) is 2.89. The number of carbonyl (C=O) groups is 1. The number of nitrogens with zero attached hydrogens (tertiary/aromatic N) is 1. The van der Waals surface area contributed by atoms with Gasteiger partial charge < -0.3 is 24.4 Å². The van der Waals surface area contributed by atoms with E-state index >= 15 is 0 Å². The number of rotatable bonds is 7. The van der Waals surface area contributed by atoms with Gasteiger partial charge in [-0.3, -0.25) is 4.79 Å². The van der Waals surface area contributed by atoms with Crippen molar-refractivity contribution < 1.29 is 19.0 Å². The summed E-state index contributed by atoms with van der Waals surface area (Å²) < 4.78 is 16.2. The van der Waals surface area contributed by atoms with Crippen LogP contribution >= 0.6 is 12.4 Å². The molecule has 2 aliphatic heterocycles. The van der Waals surface area contributed by atoms with Crippen molar-refractivity contribution in [3.8, 4) is 11.5 Å². The molecule has 7 heteroatoms. The maximum atomic E-state index is 12.4. The molecule has 0 aliphatic carbocycles. The van der Waals surface area contributed by atoms with Crippen molar-refractivity contribution in [2.45, 2.75) is 32.4 Å². The molecule has 1 amide bonds. The van der Waals surface area contributed by atoms with Crippen LogP contribution in [0.3, 0.4) is 0 Å². The highest BCUT2D eigenvalue weighted by Gasteiger charge is 2.18. The van der Waals surface area contributed by atoms with Crippen LogP contribution in [0.5, 0.6) is 11.5 Å². The van der Waals surface area contributed by atoms with Gasteiger partial charge in [-0.15, -0.1) is 12.4 Å². The van der Waals surface area contributed by atoms with Gasteiger partial charge in [0.25, 0.3) is 0 Å². The van der Waals surface area contributed by atoms with Gasteiger partial charge in [0.2, 0.25) is 12.7 Å². The molecule has 1 saturated heterocycles. The number of carbonyl (C=O) groups excluding carboxylic acids is 1. The number of hydrogen-bond donors (Lipinski definition) is 1. The van der Waals surface area contributed by atoms with E-state index in [4.69, 9.17) is 14.2 Å². The van der Waals surface area contributed by atoms with E-state index < -0.39 is 0 Å². The summed E-state index contributed by atoms with van der Waals surface area (Å²) in [5, 5.41) is 3.21. The highest BCUT2D eigenvalue weighted by molar-refractivity contribution is 5.85. The summed E-state index contributed by atoms with van der Waals surface area (Å²) in [7, 11) is 0. The Kier molecular flexibility index (Phi) is 7.15.